The number of carboxylic acid groups (broad SMARTS) is 1. The molecule has 1 unspecified atom stereocenters. The number of anilines is 2. The zero-order valence-electron chi connectivity index (χ0n) is 48.9. The average molecular weight is 1170 g/mol. The highest BCUT2D eigenvalue weighted by Crippen LogP contribution is 2.38. The number of imide groups is 1. The van der Waals surface area contributed by atoms with Crippen molar-refractivity contribution in [1.82, 2.24) is 25.3 Å². The highest BCUT2D eigenvalue weighted by Gasteiger charge is 2.45. The van der Waals surface area contributed by atoms with E-state index >= 15 is 0 Å². The monoisotopic (exact) mass is 1170 g/mol. The summed E-state index contributed by atoms with van der Waals surface area (Å²) < 4.78 is 12.0. The number of amides is 8. The largest absolute Gasteiger partial charge is 0.480 e. The van der Waals surface area contributed by atoms with Crippen LogP contribution in [0.2, 0.25) is 0 Å². The molecule has 8 amide bonds. The first kappa shape index (κ1) is 64.6. The maximum atomic E-state index is 14.9. The lowest BCUT2D eigenvalue weighted by Gasteiger charge is -2.41. The smallest absolute Gasteiger partial charge is 0.326 e. The normalized spacial score (nSPS) is 21.4. The van der Waals surface area contributed by atoms with E-state index in [4.69, 9.17) is 9.47 Å². The molecule has 10 atom stereocenters. The Hall–Kier alpha value is -6.55. The van der Waals surface area contributed by atoms with Crippen LogP contribution in [0.3, 0.4) is 0 Å². The third-order valence-corrected chi connectivity index (χ3v) is 17.9. The molecule has 2 aromatic carbocycles. The van der Waals surface area contributed by atoms with Crippen molar-refractivity contribution < 1.29 is 57.7 Å². The number of carbonyl (C=O) groups is 9. The van der Waals surface area contributed by atoms with Crippen molar-refractivity contribution >= 4 is 88.1 Å². The molecule has 6 bridgehead atoms. The number of benzene rings is 2. The minimum Gasteiger partial charge on any atom is -0.480 e. The fourth-order valence-corrected chi connectivity index (χ4v) is 13.3. The predicted octanol–water partition coefficient (Wildman–Crippen LogP) is 6.99. The van der Waals surface area contributed by atoms with Crippen LogP contribution in [0.25, 0.3) is 0 Å². The Kier molecular flexibility index (Phi) is 23.3. The molecule has 4 N–H and O–H groups in total. The highest BCUT2D eigenvalue weighted by atomic mass is 32.2. The van der Waals surface area contributed by atoms with Crippen LogP contribution in [0.15, 0.2) is 94.8 Å². The van der Waals surface area contributed by atoms with Crippen LogP contribution in [0.5, 0.6) is 0 Å². The molecule has 2 aromatic rings. The molecule has 444 valence electrons. The van der Waals surface area contributed by atoms with Gasteiger partial charge in [0.15, 0.2) is 0 Å². The van der Waals surface area contributed by atoms with Crippen molar-refractivity contribution in [1.29, 1.82) is 0 Å². The van der Waals surface area contributed by atoms with E-state index in [1.807, 2.05) is 56.4 Å². The summed E-state index contributed by atoms with van der Waals surface area (Å²) in [6, 6.07) is 8.75. The van der Waals surface area contributed by atoms with Crippen molar-refractivity contribution in [3.05, 3.63) is 106 Å². The summed E-state index contributed by atoms with van der Waals surface area (Å²) in [4.78, 5) is 133. The Morgan fingerprint density at radius 2 is 1.59 bits per heavy atom. The molecule has 82 heavy (non-hydrogen) atoms. The molecule has 21 heteroatoms. The number of fused-ring (bicyclic) bond motifs is 6. The Labute approximate surface area is 490 Å². The third-order valence-electron chi connectivity index (χ3n) is 15.7. The van der Waals surface area contributed by atoms with Gasteiger partial charge in [-0.15, -0.1) is 23.5 Å². The molecular formula is C61H81N7O12S2. The number of nitrogens with zero attached hydrogens (tertiary/aromatic N) is 4. The number of carboxylic acids is 1. The van der Waals surface area contributed by atoms with Crippen molar-refractivity contribution in [3.8, 4) is 0 Å². The Balaban J connectivity index is 1.18. The van der Waals surface area contributed by atoms with Crippen LogP contribution >= 0.6 is 23.5 Å². The second-order valence-electron chi connectivity index (χ2n) is 22.2. The average Bonchev–Trinajstić information content (AvgIpc) is 3.72. The first-order chi connectivity index (χ1) is 39.0. The number of carbonyl (C=O) groups excluding carboxylic acids is 8. The summed E-state index contributed by atoms with van der Waals surface area (Å²) in [6.07, 6.45) is 11.5. The van der Waals surface area contributed by atoms with E-state index in [1.54, 1.807) is 70.8 Å². The second kappa shape index (κ2) is 29.6. The van der Waals surface area contributed by atoms with Gasteiger partial charge in [0.25, 0.3) is 5.91 Å². The van der Waals surface area contributed by atoms with Gasteiger partial charge in [-0.2, -0.15) is 0 Å². The van der Waals surface area contributed by atoms with Crippen molar-refractivity contribution in [2.45, 2.75) is 141 Å². The Morgan fingerprint density at radius 1 is 0.866 bits per heavy atom. The zero-order valence-corrected chi connectivity index (χ0v) is 50.6. The van der Waals surface area contributed by atoms with Gasteiger partial charge in [0.1, 0.15) is 18.1 Å². The van der Waals surface area contributed by atoms with Crippen LogP contribution in [0.4, 0.5) is 11.4 Å². The molecule has 19 nitrogen and oxygen atoms in total. The second-order valence-corrected chi connectivity index (χ2v) is 24.6. The molecular weight excluding hydrogens is 1090 g/mol. The Bertz CT molecular complexity index is 2820. The van der Waals surface area contributed by atoms with Crippen LogP contribution < -0.4 is 20.9 Å². The van der Waals surface area contributed by atoms with E-state index in [0.717, 1.165) is 20.3 Å². The van der Waals surface area contributed by atoms with Gasteiger partial charge >= 0.3 is 5.97 Å². The first-order valence-corrected chi connectivity index (χ1v) is 30.0. The number of aliphatic carboxylic acids is 1. The minimum atomic E-state index is -1.19. The standard InChI is InChI=1S/C61H81N7O12S2/c1-12-37(6)54(47(79-10)33-50(70)67-26-19-24-46(67)55(80-11)38(7)56(72)63-45(61(77)78)28-39-20-15-13-16-21-39)66(9)60(76)52(35(2)3)64-57(73)53(36(4)5)65(8)58(74)40-29-41-31-42(30-40)68-51(71)34-48(59(68)75)82-44-23-18-14-17-22-43(32-44)81-27-25-49(69)62-41/h13-18,20-23,29-32,35-38,45-48,52-55H,12,19,24-28,33-34H2,1-11H3,(H,62,69)(H,63,72)(H,64,73)(H,77,78)/b17-14+,18-14?,22-17?,23-18?,43-22+,43-32?,44-23?,44-32?/t37-,38+,45-,46-,47+,48?,52-,53-,54-,55+/m0/s1. The topological polar surface area (TPSA) is 241 Å². The Morgan fingerprint density at radius 3 is 2.23 bits per heavy atom. The summed E-state index contributed by atoms with van der Waals surface area (Å²) in [5.41, 5.74) is 1.03. The van der Waals surface area contributed by atoms with Gasteiger partial charge in [0.05, 0.1) is 47.6 Å². The van der Waals surface area contributed by atoms with Crippen molar-refractivity contribution in [2.75, 3.05) is 50.8 Å². The van der Waals surface area contributed by atoms with E-state index in [9.17, 15) is 48.3 Å². The van der Waals surface area contributed by atoms with E-state index in [2.05, 4.69) is 16.0 Å². The fourth-order valence-electron chi connectivity index (χ4n) is 11.2. The van der Waals surface area contributed by atoms with Gasteiger partial charge < -0.3 is 45.2 Å². The van der Waals surface area contributed by atoms with Crippen molar-refractivity contribution in [2.24, 2.45) is 23.7 Å². The van der Waals surface area contributed by atoms with E-state index in [0.29, 0.717) is 31.6 Å². The summed E-state index contributed by atoms with van der Waals surface area (Å²) in [5.74, 6) is -6.53. The number of likely N-dealkylation sites (tertiary alicyclic amines) is 1. The van der Waals surface area contributed by atoms with Gasteiger partial charge in [-0.3, -0.25) is 38.4 Å². The molecule has 4 aliphatic rings. The van der Waals surface area contributed by atoms with Crippen LogP contribution in [-0.2, 0) is 54.3 Å². The number of methoxy groups -OCH3 is 2. The van der Waals surface area contributed by atoms with Gasteiger partial charge in [-0.1, -0.05) is 103 Å². The maximum absolute atomic E-state index is 14.9. The summed E-state index contributed by atoms with van der Waals surface area (Å²) in [6.45, 7) is 13.1. The molecule has 3 heterocycles. The van der Waals surface area contributed by atoms with Crippen LogP contribution in [0.1, 0.15) is 103 Å². The molecule has 1 aliphatic carbocycles. The predicted molar refractivity (Wildman–Crippen MR) is 318 cm³/mol. The lowest BCUT2D eigenvalue weighted by atomic mass is 9.89. The number of hydrogen-bond acceptors (Lipinski definition) is 13. The molecule has 3 aliphatic heterocycles. The number of thioether (sulfide) groups is 2. The number of hydrogen-bond donors (Lipinski definition) is 4. The molecule has 0 spiro atoms. The third kappa shape index (κ3) is 16.0. The van der Waals surface area contributed by atoms with Crippen LogP contribution in [0, 0.1) is 23.7 Å². The number of rotatable bonds is 22. The molecule has 2 fully saturated rings. The zero-order chi connectivity index (χ0) is 60.1. The quantitative estimate of drug-likeness (QED) is 0.0870. The van der Waals surface area contributed by atoms with E-state index in [-0.39, 0.29) is 60.4 Å². The van der Waals surface area contributed by atoms with Crippen molar-refractivity contribution in [3.63, 3.8) is 0 Å². The molecule has 2 saturated heterocycles. The molecule has 0 radical (unpaired) electrons. The number of allylic oxidation sites excluding steroid dienone is 6. The van der Waals surface area contributed by atoms with E-state index in [1.165, 1.54) is 72.8 Å². The number of ether oxygens (including phenoxy) is 2. The van der Waals surface area contributed by atoms with E-state index < -0.39 is 107 Å². The highest BCUT2D eigenvalue weighted by molar-refractivity contribution is 8.05. The lowest BCUT2D eigenvalue weighted by Crippen LogP contribution is -2.60. The fraction of sp³-hybridized carbons (Fsp3) is 0.525. The van der Waals surface area contributed by atoms with Gasteiger partial charge in [-0.25, -0.2) is 9.69 Å². The summed E-state index contributed by atoms with van der Waals surface area (Å²) in [5, 5.41) is 17.8. The molecule has 0 saturated carbocycles. The molecule has 6 rings (SSSR count). The SMILES string of the molecule is CC[C@H](C)[C@@H]([C@@H](CC(=O)N1CCC[C@H]1[C@H](OC)[C@@H](C)C(=O)N[C@@H](Cc1ccccc1)C(=O)O)OC)N(C)C(=O)[C@@H](NC(=O)[C@H](C(C)C)N(C)C(=O)c1cc2cc(c1)N1C(=O)CC(SC3=C/C(=C\C=C\C=C3)SCCC(=O)N2)C1=O)C(C)C. The first-order valence-electron chi connectivity index (χ1n) is 28.1. The van der Waals surface area contributed by atoms with Gasteiger partial charge in [0.2, 0.25) is 41.4 Å². The summed E-state index contributed by atoms with van der Waals surface area (Å²) >= 11 is 2.74. The van der Waals surface area contributed by atoms with Gasteiger partial charge in [0, 0.05) is 80.9 Å². The molecule has 0 aromatic heterocycles. The minimum absolute atomic E-state index is 0.00373. The van der Waals surface area contributed by atoms with Gasteiger partial charge in [-0.05, 0) is 72.6 Å². The number of nitrogens with one attached hydrogen (secondary N) is 3. The lowest BCUT2D eigenvalue weighted by molar-refractivity contribution is -0.148. The maximum Gasteiger partial charge on any atom is 0.326 e. The van der Waals surface area contributed by atoms with Crippen LogP contribution in [-0.4, -0.2) is 161 Å². The number of likely N-dealkylation sites (N-methyl/N-ethyl adjacent to an activating group) is 2. The summed E-state index contributed by atoms with van der Waals surface area (Å²) in [7, 11) is 6.03.